The van der Waals surface area contributed by atoms with Gasteiger partial charge < -0.3 is 5.32 Å². The van der Waals surface area contributed by atoms with Crippen LogP contribution in [0, 0.1) is 6.92 Å². The van der Waals surface area contributed by atoms with E-state index in [1.54, 1.807) is 22.7 Å². The van der Waals surface area contributed by atoms with Crippen molar-refractivity contribution in [2.24, 2.45) is 0 Å². The van der Waals surface area contributed by atoms with Crippen molar-refractivity contribution in [2.45, 2.75) is 26.8 Å². The summed E-state index contributed by atoms with van der Waals surface area (Å²) in [6.07, 6.45) is 1.16. The molecule has 2 aromatic rings. The Labute approximate surface area is 104 Å². The Morgan fingerprint density at radius 3 is 2.62 bits per heavy atom. The number of hydrogen-bond donors (Lipinski definition) is 1. The van der Waals surface area contributed by atoms with Crippen molar-refractivity contribution in [1.82, 2.24) is 15.3 Å². The molecule has 0 radical (unpaired) electrons. The molecule has 2 aromatic heterocycles. The van der Waals surface area contributed by atoms with Crippen molar-refractivity contribution in [3.63, 3.8) is 0 Å². The Morgan fingerprint density at radius 1 is 1.19 bits per heavy atom. The first kappa shape index (κ1) is 11.7. The van der Waals surface area contributed by atoms with Gasteiger partial charge in [-0.2, -0.15) is 0 Å². The van der Waals surface area contributed by atoms with Gasteiger partial charge in [-0.3, -0.25) is 0 Å². The molecule has 5 heteroatoms. The molecule has 0 atom stereocenters. The van der Waals surface area contributed by atoms with Crippen molar-refractivity contribution in [1.29, 1.82) is 0 Å². The predicted molar refractivity (Wildman–Crippen MR) is 70.0 cm³/mol. The van der Waals surface area contributed by atoms with Crippen LogP contribution in [0.5, 0.6) is 0 Å². The molecule has 0 bridgehead atoms. The first-order valence-electron chi connectivity index (χ1n) is 5.37. The molecular weight excluding hydrogens is 238 g/mol. The molecule has 0 aromatic carbocycles. The van der Waals surface area contributed by atoms with Crippen LogP contribution >= 0.6 is 22.7 Å². The normalized spacial score (nSPS) is 10.9. The van der Waals surface area contributed by atoms with E-state index >= 15 is 0 Å². The second-order valence-electron chi connectivity index (χ2n) is 3.56. The maximum absolute atomic E-state index is 4.57. The topological polar surface area (TPSA) is 37.8 Å². The maximum atomic E-state index is 4.57. The molecule has 0 aliphatic carbocycles. The highest BCUT2D eigenvalue weighted by Gasteiger charge is 2.06. The van der Waals surface area contributed by atoms with Gasteiger partial charge in [-0.1, -0.05) is 6.92 Å². The van der Waals surface area contributed by atoms with Gasteiger partial charge >= 0.3 is 0 Å². The summed E-state index contributed by atoms with van der Waals surface area (Å²) in [5.74, 6) is 0. The molecule has 1 N–H and O–H groups in total. The standard InChI is InChI=1S/C11H15N3S2/c1-3-4-12-5-11-14-10(7-16-11)9-6-15-8(2)13-9/h6-7,12H,3-5H2,1-2H3. The van der Waals surface area contributed by atoms with Gasteiger partial charge in [0.15, 0.2) is 0 Å². The van der Waals surface area contributed by atoms with E-state index in [9.17, 15) is 0 Å². The van der Waals surface area contributed by atoms with Crippen LogP contribution in [-0.2, 0) is 6.54 Å². The lowest BCUT2D eigenvalue weighted by atomic mass is 10.4. The number of thiazole rings is 2. The monoisotopic (exact) mass is 253 g/mol. The molecule has 0 aliphatic rings. The Kier molecular flexibility index (Phi) is 4.04. The lowest BCUT2D eigenvalue weighted by molar-refractivity contribution is 0.673. The number of nitrogens with one attached hydrogen (secondary N) is 1. The number of rotatable bonds is 5. The number of hydrogen-bond acceptors (Lipinski definition) is 5. The molecule has 2 heterocycles. The largest absolute Gasteiger partial charge is 0.310 e. The third-order valence-corrected chi connectivity index (χ3v) is 3.76. The smallest absolute Gasteiger partial charge is 0.107 e. The van der Waals surface area contributed by atoms with Crippen molar-refractivity contribution in [3.8, 4) is 11.4 Å². The van der Waals surface area contributed by atoms with Gasteiger partial charge in [0.1, 0.15) is 16.4 Å². The number of nitrogens with zero attached hydrogens (tertiary/aromatic N) is 2. The van der Waals surface area contributed by atoms with Crippen molar-refractivity contribution in [3.05, 3.63) is 20.8 Å². The summed E-state index contributed by atoms with van der Waals surface area (Å²) in [5.41, 5.74) is 2.00. The lowest BCUT2D eigenvalue weighted by Gasteiger charge is -1.97. The van der Waals surface area contributed by atoms with E-state index in [1.165, 1.54) is 0 Å². The van der Waals surface area contributed by atoms with Gasteiger partial charge in [-0.15, -0.1) is 22.7 Å². The zero-order valence-electron chi connectivity index (χ0n) is 9.49. The Hall–Kier alpha value is -0.780. The minimum Gasteiger partial charge on any atom is -0.310 e. The number of aryl methyl sites for hydroxylation is 1. The van der Waals surface area contributed by atoms with Crippen molar-refractivity contribution >= 4 is 22.7 Å². The predicted octanol–water partition coefficient (Wildman–Crippen LogP) is 3.07. The van der Waals surface area contributed by atoms with Gasteiger partial charge in [0, 0.05) is 17.3 Å². The van der Waals surface area contributed by atoms with Crippen LogP contribution in [0.4, 0.5) is 0 Å². The quantitative estimate of drug-likeness (QED) is 0.832. The summed E-state index contributed by atoms with van der Waals surface area (Å²) in [4.78, 5) is 9.00. The fraction of sp³-hybridized carbons (Fsp3) is 0.455. The summed E-state index contributed by atoms with van der Waals surface area (Å²) < 4.78 is 0. The highest BCUT2D eigenvalue weighted by molar-refractivity contribution is 7.10. The van der Waals surface area contributed by atoms with E-state index in [-0.39, 0.29) is 0 Å². The van der Waals surface area contributed by atoms with Gasteiger partial charge in [-0.25, -0.2) is 9.97 Å². The van der Waals surface area contributed by atoms with Crippen molar-refractivity contribution in [2.75, 3.05) is 6.54 Å². The van der Waals surface area contributed by atoms with Crippen LogP contribution < -0.4 is 5.32 Å². The fourth-order valence-electron chi connectivity index (χ4n) is 1.36. The minimum atomic E-state index is 0.863. The molecule has 0 unspecified atom stereocenters. The molecule has 0 amide bonds. The minimum absolute atomic E-state index is 0.863. The van der Waals surface area contributed by atoms with Crippen LogP contribution in [0.15, 0.2) is 10.8 Å². The molecule has 0 spiro atoms. The van der Waals surface area contributed by atoms with Gasteiger partial charge in [-0.05, 0) is 19.9 Å². The fourth-order valence-corrected chi connectivity index (χ4v) is 2.73. The second kappa shape index (κ2) is 5.52. The summed E-state index contributed by atoms with van der Waals surface area (Å²) >= 11 is 3.36. The van der Waals surface area contributed by atoms with Crippen LogP contribution in [0.2, 0.25) is 0 Å². The van der Waals surface area contributed by atoms with E-state index in [0.717, 1.165) is 40.9 Å². The Balaban J connectivity index is 2.02. The first-order chi connectivity index (χ1) is 7.79. The third kappa shape index (κ3) is 2.87. The summed E-state index contributed by atoms with van der Waals surface area (Å²) in [7, 11) is 0. The van der Waals surface area contributed by atoms with Crippen molar-refractivity contribution < 1.29 is 0 Å². The molecule has 0 fully saturated rings. The summed E-state index contributed by atoms with van der Waals surface area (Å²) in [6.45, 7) is 6.09. The number of aromatic nitrogens is 2. The van der Waals surface area contributed by atoms with E-state index in [1.807, 2.05) is 6.92 Å². The summed E-state index contributed by atoms with van der Waals surface area (Å²) in [5, 5.41) is 9.72. The average molecular weight is 253 g/mol. The molecular formula is C11H15N3S2. The molecule has 0 aliphatic heterocycles. The summed E-state index contributed by atoms with van der Waals surface area (Å²) in [6, 6.07) is 0. The molecule has 2 rings (SSSR count). The third-order valence-electron chi connectivity index (χ3n) is 2.14. The van der Waals surface area contributed by atoms with E-state index in [0.29, 0.717) is 0 Å². The Morgan fingerprint density at radius 2 is 1.94 bits per heavy atom. The van der Waals surface area contributed by atoms with Crippen LogP contribution in [0.25, 0.3) is 11.4 Å². The highest BCUT2D eigenvalue weighted by Crippen LogP contribution is 2.23. The molecule has 16 heavy (non-hydrogen) atoms. The second-order valence-corrected chi connectivity index (χ2v) is 5.56. The first-order valence-corrected chi connectivity index (χ1v) is 7.13. The van der Waals surface area contributed by atoms with E-state index < -0.39 is 0 Å². The Bertz CT molecular complexity index is 448. The SMILES string of the molecule is CCCNCc1nc(-c2csc(C)n2)cs1. The highest BCUT2D eigenvalue weighted by atomic mass is 32.1. The zero-order chi connectivity index (χ0) is 11.4. The van der Waals surface area contributed by atoms with Gasteiger partial charge in [0.05, 0.1) is 5.01 Å². The van der Waals surface area contributed by atoms with E-state index in [2.05, 4.69) is 33.0 Å². The molecule has 3 nitrogen and oxygen atoms in total. The molecule has 0 saturated heterocycles. The van der Waals surface area contributed by atoms with Gasteiger partial charge in [0.25, 0.3) is 0 Å². The lowest BCUT2D eigenvalue weighted by Crippen LogP contribution is -2.13. The maximum Gasteiger partial charge on any atom is 0.107 e. The van der Waals surface area contributed by atoms with Crippen LogP contribution in [0.1, 0.15) is 23.4 Å². The zero-order valence-corrected chi connectivity index (χ0v) is 11.1. The molecule has 0 saturated carbocycles. The van der Waals surface area contributed by atoms with Crippen LogP contribution in [0.3, 0.4) is 0 Å². The van der Waals surface area contributed by atoms with E-state index in [4.69, 9.17) is 0 Å². The van der Waals surface area contributed by atoms with Gasteiger partial charge in [0.2, 0.25) is 0 Å². The molecule has 86 valence electrons. The van der Waals surface area contributed by atoms with Crippen LogP contribution in [-0.4, -0.2) is 16.5 Å². The average Bonchev–Trinajstić information content (AvgIpc) is 2.87.